The van der Waals surface area contributed by atoms with Crippen LogP contribution in [0.5, 0.6) is 0 Å². The van der Waals surface area contributed by atoms with Gasteiger partial charge in [-0.2, -0.15) is 0 Å². The second kappa shape index (κ2) is 4.92. The Morgan fingerprint density at radius 1 is 1.38 bits per heavy atom. The van der Waals surface area contributed by atoms with E-state index in [0.29, 0.717) is 5.56 Å². The Morgan fingerprint density at radius 2 is 2.06 bits per heavy atom. The molecule has 1 heterocycles. The summed E-state index contributed by atoms with van der Waals surface area (Å²) in [5.74, 6) is -0.0644. The number of carbonyl (C=O) groups excluding carboxylic acids is 1. The molecule has 0 aliphatic carbocycles. The minimum absolute atomic E-state index is 0.0644. The van der Waals surface area contributed by atoms with Crippen molar-refractivity contribution in [2.45, 2.75) is 0 Å². The molecule has 0 radical (unpaired) electrons. The zero-order valence-corrected chi connectivity index (χ0v) is 11.5. The first-order valence-corrected chi connectivity index (χ1v) is 6.54. The molecule has 0 aliphatic heterocycles. The standard InChI is InChI=1S/C11H9IN2OS/c1-13-10(15)8-4-2-7(3-5-8)9-6-14-11(12)16-9/h2-6H,1H3,(H,13,15). The molecule has 0 atom stereocenters. The second-order valence-electron chi connectivity index (χ2n) is 3.13. The van der Waals surface area contributed by atoms with Gasteiger partial charge in [0.2, 0.25) is 0 Å². The van der Waals surface area contributed by atoms with Gasteiger partial charge in [0.05, 0.1) is 4.88 Å². The molecule has 0 saturated carbocycles. The number of carbonyl (C=O) groups is 1. The molecule has 2 rings (SSSR count). The molecule has 0 saturated heterocycles. The number of hydrogen-bond acceptors (Lipinski definition) is 3. The lowest BCUT2D eigenvalue weighted by Crippen LogP contribution is -2.17. The first-order valence-electron chi connectivity index (χ1n) is 4.64. The van der Waals surface area contributed by atoms with E-state index >= 15 is 0 Å². The highest BCUT2D eigenvalue weighted by Gasteiger charge is 2.05. The number of benzene rings is 1. The minimum atomic E-state index is -0.0644. The summed E-state index contributed by atoms with van der Waals surface area (Å²) < 4.78 is 1.02. The number of nitrogens with one attached hydrogen (secondary N) is 1. The molecule has 1 amide bonds. The highest BCUT2D eigenvalue weighted by molar-refractivity contribution is 14.1. The fourth-order valence-corrected chi connectivity index (χ4v) is 2.81. The lowest BCUT2D eigenvalue weighted by molar-refractivity contribution is 0.0963. The SMILES string of the molecule is CNC(=O)c1ccc(-c2cnc(I)s2)cc1. The molecule has 1 aromatic carbocycles. The van der Waals surface area contributed by atoms with E-state index in [1.807, 2.05) is 30.5 Å². The first-order chi connectivity index (χ1) is 7.70. The van der Waals surface area contributed by atoms with Crippen molar-refractivity contribution in [2.75, 3.05) is 7.05 Å². The van der Waals surface area contributed by atoms with Crippen molar-refractivity contribution >= 4 is 39.8 Å². The second-order valence-corrected chi connectivity index (χ2v) is 5.92. The van der Waals surface area contributed by atoms with Gasteiger partial charge in [-0.05, 0) is 40.3 Å². The van der Waals surface area contributed by atoms with Gasteiger partial charge in [0.25, 0.3) is 5.91 Å². The lowest BCUT2D eigenvalue weighted by Gasteiger charge is -2.00. The van der Waals surface area contributed by atoms with E-state index in [9.17, 15) is 4.79 Å². The van der Waals surface area contributed by atoms with Crippen molar-refractivity contribution in [1.29, 1.82) is 0 Å². The monoisotopic (exact) mass is 344 g/mol. The summed E-state index contributed by atoms with van der Waals surface area (Å²) in [5, 5.41) is 2.59. The number of rotatable bonds is 2. The topological polar surface area (TPSA) is 42.0 Å². The van der Waals surface area contributed by atoms with E-state index in [1.165, 1.54) is 0 Å². The maximum absolute atomic E-state index is 11.3. The molecule has 3 nitrogen and oxygen atoms in total. The van der Waals surface area contributed by atoms with Gasteiger partial charge in [0.1, 0.15) is 0 Å². The average Bonchev–Trinajstić information content (AvgIpc) is 2.75. The van der Waals surface area contributed by atoms with Crippen LogP contribution >= 0.6 is 33.9 Å². The van der Waals surface area contributed by atoms with E-state index in [0.717, 1.165) is 13.5 Å². The van der Waals surface area contributed by atoms with Crippen LogP contribution in [0, 0.1) is 3.01 Å². The normalized spacial score (nSPS) is 10.1. The van der Waals surface area contributed by atoms with Crippen molar-refractivity contribution in [3.63, 3.8) is 0 Å². The zero-order valence-electron chi connectivity index (χ0n) is 8.53. The molecule has 1 N–H and O–H groups in total. The fourth-order valence-electron chi connectivity index (χ4n) is 1.32. The summed E-state index contributed by atoms with van der Waals surface area (Å²) in [5.41, 5.74) is 1.76. The van der Waals surface area contributed by atoms with Gasteiger partial charge < -0.3 is 5.32 Å². The fraction of sp³-hybridized carbons (Fsp3) is 0.0909. The molecule has 0 bridgehead atoms. The number of halogens is 1. The van der Waals surface area contributed by atoms with Crippen molar-refractivity contribution in [2.24, 2.45) is 0 Å². The first kappa shape index (κ1) is 11.5. The van der Waals surface area contributed by atoms with Crippen LogP contribution in [0.15, 0.2) is 30.5 Å². The van der Waals surface area contributed by atoms with Crippen LogP contribution < -0.4 is 5.32 Å². The Morgan fingerprint density at radius 3 is 2.56 bits per heavy atom. The molecule has 82 valence electrons. The number of aromatic nitrogens is 1. The largest absolute Gasteiger partial charge is 0.355 e. The van der Waals surface area contributed by atoms with Gasteiger partial charge in [-0.25, -0.2) is 4.98 Å². The van der Waals surface area contributed by atoms with Crippen LogP contribution in [0.25, 0.3) is 10.4 Å². The van der Waals surface area contributed by atoms with Crippen LogP contribution in [0.2, 0.25) is 0 Å². The zero-order chi connectivity index (χ0) is 11.5. The molecule has 16 heavy (non-hydrogen) atoms. The molecule has 0 aliphatic rings. The predicted molar refractivity (Wildman–Crippen MR) is 73.7 cm³/mol. The Balaban J connectivity index is 2.29. The van der Waals surface area contributed by atoms with Crippen molar-refractivity contribution < 1.29 is 4.79 Å². The molecule has 1 aromatic heterocycles. The van der Waals surface area contributed by atoms with E-state index in [-0.39, 0.29) is 5.91 Å². The maximum Gasteiger partial charge on any atom is 0.251 e. The van der Waals surface area contributed by atoms with Gasteiger partial charge >= 0.3 is 0 Å². The summed E-state index contributed by atoms with van der Waals surface area (Å²) in [7, 11) is 1.63. The summed E-state index contributed by atoms with van der Waals surface area (Å²) in [6.07, 6.45) is 1.85. The van der Waals surface area contributed by atoms with Crippen LogP contribution in [0.4, 0.5) is 0 Å². The Kier molecular flexibility index (Phi) is 3.55. The highest BCUT2D eigenvalue weighted by Crippen LogP contribution is 2.26. The van der Waals surface area contributed by atoms with Crippen LogP contribution in [-0.4, -0.2) is 17.9 Å². The highest BCUT2D eigenvalue weighted by atomic mass is 127. The number of thiazole rings is 1. The van der Waals surface area contributed by atoms with Crippen molar-refractivity contribution in [3.8, 4) is 10.4 Å². The summed E-state index contributed by atoms with van der Waals surface area (Å²) in [6.45, 7) is 0. The van der Waals surface area contributed by atoms with Gasteiger partial charge in [-0.1, -0.05) is 12.1 Å². The third-order valence-corrected chi connectivity index (χ3v) is 3.91. The van der Waals surface area contributed by atoms with E-state index in [2.05, 4.69) is 32.9 Å². The van der Waals surface area contributed by atoms with Gasteiger partial charge in [-0.3, -0.25) is 4.79 Å². The van der Waals surface area contributed by atoms with Crippen LogP contribution in [0.1, 0.15) is 10.4 Å². The summed E-state index contributed by atoms with van der Waals surface area (Å²) in [6, 6.07) is 7.52. The van der Waals surface area contributed by atoms with E-state index in [1.54, 1.807) is 18.4 Å². The number of amides is 1. The molecular weight excluding hydrogens is 335 g/mol. The smallest absolute Gasteiger partial charge is 0.251 e. The van der Waals surface area contributed by atoms with Gasteiger partial charge in [0.15, 0.2) is 3.01 Å². The number of nitrogens with zero attached hydrogens (tertiary/aromatic N) is 1. The molecular formula is C11H9IN2OS. The van der Waals surface area contributed by atoms with Crippen molar-refractivity contribution in [1.82, 2.24) is 10.3 Å². The molecule has 0 spiro atoms. The van der Waals surface area contributed by atoms with E-state index in [4.69, 9.17) is 0 Å². The van der Waals surface area contributed by atoms with E-state index < -0.39 is 0 Å². The summed E-state index contributed by atoms with van der Waals surface area (Å²) in [4.78, 5) is 16.7. The molecule has 0 unspecified atom stereocenters. The number of hydrogen-bond donors (Lipinski definition) is 1. The Bertz CT molecular complexity index is 507. The molecule has 2 aromatic rings. The van der Waals surface area contributed by atoms with Crippen LogP contribution in [-0.2, 0) is 0 Å². The quantitative estimate of drug-likeness (QED) is 0.852. The Hall–Kier alpha value is -0.950. The third-order valence-electron chi connectivity index (χ3n) is 2.14. The third kappa shape index (κ3) is 2.41. The average molecular weight is 344 g/mol. The maximum atomic E-state index is 11.3. The van der Waals surface area contributed by atoms with Gasteiger partial charge in [0, 0.05) is 18.8 Å². The Labute approximate surface area is 111 Å². The van der Waals surface area contributed by atoms with Gasteiger partial charge in [-0.15, -0.1) is 11.3 Å². The lowest BCUT2D eigenvalue weighted by atomic mass is 10.1. The van der Waals surface area contributed by atoms with Crippen molar-refractivity contribution in [3.05, 3.63) is 39.0 Å². The summed E-state index contributed by atoms with van der Waals surface area (Å²) >= 11 is 3.83. The molecule has 0 fully saturated rings. The van der Waals surface area contributed by atoms with Crippen LogP contribution in [0.3, 0.4) is 0 Å². The predicted octanol–water partition coefficient (Wildman–Crippen LogP) is 2.77. The minimum Gasteiger partial charge on any atom is -0.355 e. The molecule has 5 heteroatoms.